The van der Waals surface area contributed by atoms with Gasteiger partial charge in [0.25, 0.3) is 5.91 Å². The lowest BCUT2D eigenvalue weighted by molar-refractivity contribution is 0.0966. The number of rotatable bonds is 2. The number of benzene rings is 1. The van der Waals surface area contributed by atoms with Gasteiger partial charge in [0.05, 0.1) is 11.2 Å². The molecule has 4 aromatic rings. The van der Waals surface area contributed by atoms with E-state index in [1.54, 1.807) is 17.7 Å². The fourth-order valence-corrected chi connectivity index (χ4v) is 3.63. The standard InChI is InChI=1S/C17H11N5OS/c23-17-12-2-1-11(3-10(12)4-19-17)22-6-14(15-7-24-9-21-15)13-5-18-8-20-16(13)22/h1-3,5-9H,4H2,(H,19,23). The van der Waals surface area contributed by atoms with E-state index in [1.165, 1.54) is 0 Å². The van der Waals surface area contributed by atoms with Crippen LogP contribution in [0.2, 0.25) is 0 Å². The predicted molar refractivity (Wildman–Crippen MR) is 91.1 cm³/mol. The second kappa shape index (κ2) is 4.97. The molecule has 7 heteroatoms. The number of carbonyl (C=O) groups excluding carboxylic acids is 1. The molecule has 1 aromatic carbocycles. The first-order chi connectivity index (χ1) is 11.8. The van der Waals surface area contributed by atoms with Crippen molar-refractivity contribution in [1.82, 2.24) is 24.8 Å². The Morgan fingerprint density at radius 3 is 3.04 bits per heavy atom. The largest absolute Gasteiger partial charge is 0.348 e. The molecule has 1 N–H and O–H groups in total. The van der Waals surface area contributed by atoms with Gasteiger partial charge in [-0.2, -0.15) is 0 Å². The molecule has 5 rings (SSSR count). The molecule has 6 nitrogen and oxygen atoms in total. The van der Waals surface area contributed by atoms with E-state index < -0.39 is 0 Å². The average molecular weight is 333 g/mol. The molecule has 0 saturated carbocycles. The Hall–Kier alpha value is -3.06. The first kappa shape index (κ1) is 13.4. The van der Waals surface area contributed by atoms with Crippen LogP contribution in [0.3, 0.4) is 0 Å². The highest BCUT2D eigenvalue weighted by atomic mass is 32.1. The van der Waals surface area contributed by atoms with Crippen LogP contribution in [-0.4, -0.2) is 25.4 Å². The van der Waals surface area contributed by atoms with Crippen LogP contribution in [0.25, 0.3) is 28.0 Å². The van der Waals surface area contributed by atoms with Crippen molar-refractivity contribution in [1.29, 1.82) is 0 Å². The summed E-state index contributed by atoms with van der Waals surface area (Å²) in [5, 5.41) is 5.81. The fourth-order valence-electron chi connectivity index (χ4n) is 3.08. The Kier molecular flexibility index (Phi) is 2.77. The zero-order valence-corrected chi connectivity index (χ0v) is 13.2. The van der Waals surface area contributed by atoms with Gasteiger partial charge in [0, 0.05) is 46.5 Å². The van der Waals surface area contributed by atoms with E-state index in [-0.39, 0.29) is 5.91 Å². The van der Waals surface area contributed by atoms with Gasteiger partial charge in [-0.1, -0.05) is 0 Å². The summed E-state index contributed by atoms with van der Waals surface area (Å²) in [4.78, 5) is 24.7. The molecule has 0 saturated heterocycles. The van der Waals surface area contributed by atoms with Gasteiger partial charge in [0.2, 0.25) is 0 Å². The number of amides is 1. The highest BCUT2D eigenvalue weighted by Crippen LogP contribution is 2.31. The van der Waals surface area contributed by atoms with Crippen LogP contribution < -0.4 is 5.32 Å². The Bertz CT molecular complexity index is 1080. The van der Waals surface area contributed by atoms with Crippen molar-refractivity contribution in [3.05, 3.63) is 58.9 Å². The Balaban J connectivity index is 1.75. The molecule has 0 spiro atoms. The number of aromatic nitrogens is 4. The van der Waals surface area contributed by atoms with Gasteiger partial charge in [-0.15, -0.1) is 11.3 Å². The summed E-state index contributed by atoms with van der Waals surface area (Å²) >= 11 is 1.56. The van der Waals surface area contributed by atoms with E-state index in [0.717, 1.165) is 39.1 Å². The van der Waals surface area contributed by atoms with E-state index in [4.69, 9.17) is 0 Å². The molecule has 0 atom stereocenters. The summed E-state index contributed by atoms with van der Waals surface area (Å²) in [5.41, 5.74) is 7.27. The van der Waals surface area contributed by atoms with E-state index >= 15 is 0 Å². The van der Waals surface area contributed by atoms with Crippen molar-refractivity contribution in [3.63, 3.8) is 0 Å². The summed E-state index contributed by atoms with van der Waals surface area (Å²) in [6.07, 6.45) is 5.38. The lowest BCUT2D eigenvalue weighted by atomic mass is 10.1. The number of hydrogen-bond acceptors (Lipinski definition) is 5. The second-order valence-electron chi connectivity index (χ2n) is 5.57. The highest BCUT2D eigenvalue weighted by Gasteiger charge is 2.20. The summed E-state index contributed by atoms with van der Waals surface area (Å²) in [5.74, 6) is -0.0144. The second-order valence-corrected chi connectivity index (χ2v) is 6.29. The molecular formula is C17H11N5OS. The zero-order valence-electron chi connectivity index (χ0n) is 12.4. The van der Waals surface area contributed by atoms with E-state index in [9.17, 15) is 4.79 Å². The van der Waals surface area contributed by atoms with Gasteiger partial charge >= 0.3 is 0 Å². The number of nitrogens with zero attached hydrogens (tertiary/aromatic N) is 4. The number of hydrogen-bond donors (Lipinski definition) is 1. The third-order valence-corrected chi connectivity index (χ3v) is 4.81. The average Bonchev–Trinajstić information content (AvgIpc) is 3.33. The van der Waals surface area contributed by atoms with E-state index in [2.05, 4.69) is 20.3 Å². The van der Waals surface area contributed by atoms with Crippen LogP contribution in [-0.2, 0) is 6.54 Å². The smallest absolute Gasteiger partial charge is 0.251 e. The molecule has 1 amide bonds. The van der Waals surface area contributed by atoms with Crippen molar-refractivity contribution in [3.8, 4) is 16.9 Å². The monoisotopic (exact) mass is 333 g/mol. The molecule has 1 aliphatic rings. The normalized spacial score (nSPS) is 13.2. The van der Waals surface area contributed by atoms with Gasteiger partial charge < -0.3 is 9.88 Å². The predicted octanol–water partition coefficient (Wildman–Crippen LogP) is 2.79. The lowest BCUT2D eigenvalue weighted by Gasteiger charge is -2.06. The van der Waals surface area contributed by atoms with Crippen LogP contribution in [0, 0.1) is 0 Å². The van der Waals surface area contributed by atoms with Gasteiger partial charge in [-0.25, -0.2) is 15.0 Å². The summed E-state index contributed by atoms with van der Waals surface area (Å²) < 4.78 is 2.02. The van der Waals surface area contributed by atoms with Crippen molar-refractivity contribution in [2.75, 3.05) is 0 Å². The minimum atomic E-state index is -0.0144. The molecule has 0 unspecified atom stereocenters. The minimum Gasteiger partial charge on any atom is -0.348 e. The fraction of sp³-hybridized carbons (Fsp3) is 0.0588. The van der Waals surface area contributed by atoms with Crippen LogP contribution in [0.4, 0.5) is 0 Å². The van der Waals surface area contributed by atoms with Crippen molar-refractivity contribution >= 4 is 28.3 Å². The molecule has 3 aromatic heterocycles. The SMILES string of the molecule is O=C1NCc2cc(-n3cc(-c4cscn4)c4cncnc43)ccc21. The third-order valence-electron chi connectivity index (χ3n) is 4.23. The molecular weight excluding hydrogens is 322 g/mol. The van der Waals surface area contributed by atoms with Crippen LogP contribution >= 0.6 is 11.3 Å². The number of nitrogens with one attached hydrogen (secondary N) is 1. The van der Waals surface area contributed by atoms with Crippen molar-refractivity contribution in [2.45, 2.75) is 6.54 Å². The maximum atomic E-state index is 11.7. The van der Waals surface area contributed by atoms with E-state index in [0.29, 0.717) is 6.54 Å². The van der Waals surface area contributed by atoms with Crippen molar-refractivity contribution in [2.24, 2.45) is 0 Å². The minimum absolute atomic E-state index is 0.0144. The molecule has 0 radical (unpaired) electrons. The zero-order chi connectivity index (χ0) is 16.1. The molecule has 0 fully saturated rings. The van der Waals surface area contributed by atoms with Crippen LogP contribution in [0.1, 0.15) is 15.9 Å². The van der Waals surface area contributed by atoms with Crippen LogP contribution in [0.5, 0.6) is 0 Å². The number of thiazole rings is 1. The Labute approximate surface area is 140 Å². The third kappa shape index (κ3) is 1.88. The Morgan fingerprint density at radius 1 is 1.21 bits per heavy atom. The highest BCUT2D eigenvalue weighted by molar-refractivity contribution is 7.07. The molecule has 0 bridgehead atoms. The molecule has 4 heterocycles. The number of carbonyl (C=O) groups is 1. The number of fused-ring (bicyclic) bond motifs is 2. The summed E-state index contributed by atoms with van der Waals surface area (Å²) in [7, 11) is 0. The van der Waals surface area contributed by atoms with Gasteiger partial charge in [-0.05, 0) is 23.8 Å². The molecule has 1 aliphatic heterocycles. The quantitative estimate of drug-likeness (QED) is 0.612. The first-order valence-electron chi connectivity index (χ1n) is 7.42. The van der Waals surface area contributed by atoms with Gasteiger partial charge in [-0.3, -0.25) is 4.79 Å². The van der Waals surface area contributed by atoms with Gasteiger partial charge in [0.15, 0.2) is 0 Å². The van der Waals surface area contributed by atoms with E-state index in [1.807, 2.05) is 46.1 Å². The maximum Gasteiger partial charge on any atom is 0.251 e. The summed E-state index contributed by atoms with van der Waals surface area (Å²) in [6.45, 7) is 0.565. The lowest BCUT2D eigenvalue weighted by Crippen LogP contribution is -2.12. The summed E-state index contributed by atoms with van der Waals surface area (Å²) in [6, 6.07) is 5.83. The Morgan fingerprint density at radius 2 is 2.17 bits per heavy atom. The van der Waals surface area contributed by atoms with Crippen molar-refractivity contribution < 1.29 is 4.79 Å². The molecule has 116 valence electrons. The van der Waals surface area contributed by atoms with Gasteiger partial charge in [0.1, 0.15) is 12.0 Å². The molecule has 0 aliphatic carbocycles. The first-order valence-corrected chi connectivity index (χ1v) is 8.36. The molecule has 24 heavy (non-hydrogen) atoms. The maximum absolute atomic E-state index is 11.7. The van der Waals surface area contributed by atoms with Crippen LogP contribution in [0.15, 0.2) is 47.8 Å². The topological polar surface area (TPSA) is 72.7 Å².